The van der Waals surface area contributed by atoms with Gasteiger partial charge in [-0.15, -0.1) is 0 Å². The summed E-state index contributed by atoms with van der Waals surface area (Å²) in [5.74, 6) is -0.691. The molecule has 0 aliphatic heterocycles. The SMILES string of the molecule is CCOc1ccc(S(=O)(=O)NCc2ccco2)cc1NC(=O)c1ccccc1F. The minimum atomic E-state index is -3.89. The third kappa shape index (κ3) is 5.01. The fourth-order valence-electron chi connectivity index (χ4n) is 2.55. The number of nitrogens with one attached hydrogen (secondary N) is 2. The van der Waals surface area contributed by atoms with Gasteiger partial charge in [-0.1, -0.05) is 12.1 Å². The molecule has 2 N–H and O–H groups in total. The van der Waals surface area contributed by atoms with Gasteiger partial charge in [-0.2, -0.15) is 0 Å². The molecule has 0 aliphatic rings. The Morgan fingerprint density at radius 2 is 1.93 bits per heavy atom. The molecule has 7 nitrogen and oxygen atoms in total. The van der Waals surface area contributed by atoms with Crippen molar-refractivity contribution in [2.75, 3.05) is 11.9 Å². The lowest BCUT2D eigenvalue weighted by molar-refractivity contribution is 0.102. The molecule has 0 aliphatic carbocycles. The number of benzene rings is 2. The highest BCUT2D eigenvalue weighted by Gasteiger charge is 2.19. The van der Waals surface area contributed by atoms with Crippen LogP contribution in [0.1, 0.15) is 23.0 Å². The molecule has 0 unspecified atom stereocenters. The van der Waals surface area contributed by atoms with Crippen LogP contribution in [-0.4, -0.2) is 20.9 Å². The highest BCUT2D eigenvalue weighted by molar-refractivity contribution is 7.89. The molecule has 0 saturated heterocycles. The number of furan rings is 1. The van der Waals surface area contributed by atoms with E-state index in [1.54, 1.807) is 19.1 Å². The molecule has 2 aromatic carbocycles. The second kappa shape index (κ2) is 8.89. The van der Waals surface area contributed by atoms with Gasteiger partial charge in [0.05, 0.1) is 35.6 Å². The van der Waals surface area contributed by atoms with Gasteiger partial charge in [-0.25, -0.2) is 17.5 Å². The number of anilines is 1. The van der Waals surface area contributed by atoms with Crippen LogP contribution in [0, 0.1) is 5.82 Å². The quantitative estimate of drug-likeness (QED) is 0.583. The first kappa shape index (κ1) is 20.6. The van der Waals surface area contributed by atoms with Crippen molar-refractivity contribution in [1.29, 1.82) is 0 Å². The van der Waals surface area contributed by atoms with Crippen LogP contribution < -0.4 is 14.8 Å². The third-order valence-corrected chi connectivity index (χ3v) is 5.34. The number of ether oxygens (including phenoxy) is 1. The lowest BCUT2D eigenvalue weighted by atomic mass is 10.2. The molecule has 0 fully saturated rings. The predicted octanol–water partition coefficient (Wildman–Crippen LogP) is 3.55. The molecule has 0 saturated carbocycles. The Labute approximate surface area is 167 Å². The summed E-state index contributed by atoms with van der Waals surface area (Å²) >= 11 is 0. The Bertz CT molecular complexity index is 1100. The molecule has 1 aromatic heterocycles. The van der Waals surface area contributed by atoms with E-state index >= 15 is 0 Å². The smallest absolute Gasteiger partial charge is 0.258 e. The van der Waals surface area contributed by atoms with E-state index in [4.69, 9.17) is 9.15 Å². The van der Waals surface area contributed by atoms with Crippen molar-refractivity contribution in [3.63, 3.8) is 0 Å². The van der Waals surface area contributed by atoms with Crippen molar-refractivity contribution in [2.24, 2.45) is 0 Å². The van der Waals surface area contributed by atoms with Crippen molar-refractivity contribution in [1.82, 2.24) is 4.72 Å². The summed E-state index contributed by atoms with van der Waals surface area (Å²) in [4.78, 5) is 12.4. The molecular formula is C20H19FN2O5S. The molecule has 0 bridgehead atoms. The fraction of sp³-hybridized carbons (Fsp3) is 0.150. The highest BCUT2D eigenvalue weighted by Crippen LogP contribution is 2.28. The first-order valence-electron chi connectivity index (χ1n) is 8.75. The number of halogens is 1. The van der Waals surface area contributed by atoms with Gasteiger partial charge in [-0.3, -0.25) is 4.79 Å². The van der Waals surface area contributed by atoms with Crippen molar-refractivity contribution in [3.05, 3.63) is 78.0 Å². The lowest BCUT2D eigenvalue weighted by Crippen LogP contribution is -2.23. The monoisotopic (exact) mass is 418 g/mol. The van der Waals surface area contributed by atoms with Gasteiger partial charge in [0.15, 0.2) is 0 Å². The maximum atomic E-state index is 13.9. The Morgan fingerprint density at radius 1 is 1.14 bits per heavy atom. The number of hydrogen-bond acceptors (Lipinski definition) is 5. The number of carbonyl (C=O) groups excluding carboxylic acids is 1. The molecule has 9 heteroatoms. The van der Waals surface area contributed by atoms with Gasteiger partial charge in [0.2, 0.25) is 10.0 Å². The van der Waals surface area contributed by atoms with Crippen molar-refractivity contribution in [2.45, 2.75) is 18.4 Å². The van der Waals surface area contributed by atoms with Crippen molar-refractivity contribution in [3.8, 4) is 5.75 Å². The standard InChI is InChI=1S/C20H19FN2O5S/c1-2-27-19-10-9-15(29(25,26)22-13-14-6-5-11-28-14)12-18(19)23-20(24)16-7-3-4-8-17(16)21/h3-12,22H,2,13H2,1H3,(H,23,24). The number of carbonyl (C=O) groups is 1. The van der Waals surface area contributed by atoms with E-state index in [0.717, 1.165) is 6.07 Å². The van der Waals surface area contributed by atoms with Gasteiger partial charge in [-0.05, 0) is 49.4 Å². The van der Waals surface area contributed by atoms with Crippen LogP contribution in [0.4, 0.5) is 10.1 Å². The summed E-state index contributed by atoms with van der Waals surface area (Å²) in [6.07, 6.45) is 1.44. The van der Waals surface area contributed by atoms with E-state index in [1.807, 2.05) is 0 Å². The third-order valence-electron chi connectivity index (χ3n) is 3.94. The Kier molecular flexibility index (Phi) is 6.30. The molecule has 3 aromatic rings. The van der Waals surface area contributed by atoms with E-state index in [9.17, 15) is 17.6 Å². The van der Waals surface area contributed by atoms with Gasteiger partial charge in [0.1, 0.15) is 17.3 Å². The summed E-state index contributed by atoms with van der Waals surface area (Å²) in [5.41, 5.74) is -0.0554. The summed E-state index contributed by atoms with van der Waals surface area (Å²) in [6.45, 7) is 2.02. The fourth-order valence-corrected chi connectivity index (χ4v) is 3.57. The van der Waals surface area contributed by atoms with E-state index in [1.165, 1.54) is 42.7 Å². The largest absolute Gasteiger partial charge is 0.492 e. The zero-order valence-corrected chi connectivity index (χ0v) is 16.3. The van der Waals surface area contributed by atoms with Crippen LogP contribution >= 0.6 is 0 Å². The molecule has 0 atom stereocenters. The molecular weight excluding hydrogens is 399 g/mol. The summed E-state index contributed by atoms with van der Waals surface area (Å²) in [7, 11) is -3.89. The van der Waals surface area contributed by atoms with Gasteiger partial charge < -0.3 is 14.5 Å². The van der Waals surface area contributed by atoms with Crippen LogP contribution in [0.5, 0.6) is 5.75 Å². The van der Waals surface area contributed by atoms with Gasteiger partial charge in [0, 0.05) is 0 Å². The zero-order valence-electron chi connectivity index (χ0n) is 15.5. The normalized spacial score (nSPS) is 11.2. The maximum Gasteiger partial charge on any atom is 0.258 e. The molecule has 0 radical (unpaired) electrons. The molecule has 152 valence electrons. The molecule has 0 spiro atoms. The average Bonchev–Trinajstić information content (AvgIpc) is 3.22. The van der Waals surface area contributed by atoms with Crippen molar-refractivity contribution < 1.29 is 26.8 Å². The van der Waals surface area contributed by atoms with Crippen LogP contribution in [0.2, 0.25) is 0 Å². The van der Waals surface area contributed by atoms with Gasteiger partial charge >= 0.3 is 0 Å². The Hall–Kier alpha value is -3.17. The zero-order chi connectivity index (χ0) is 20.9. The minimum absolute atomic E-state index is 0.0283. The second-order valence-corrected chi connectivity index (χ2v) is 7.70. The van der Waals surface area contributed by atoms with E-state index in [2.05, 4.69) is 10.0 Å². The Morgan fingerprint density at radius 3 is 2.62 bits per heavy atom. The minimum Gasteiger partial charge on any atom is -0.492 e. The van der Waals surface area contributed by atoms with Gasteiger partial charge in [0.25, 0.3) is 5.91 Å². The number of amides is 1. The summed E-state index contributed by atoms with van der Waals surface area (Å²) in [6, 6.07) is 12.8. The van der Waals surface area contributed by atoms with E-state index in [-0.39, 0.29) is 28.4 Å². The molecule has 29 heavy (non-hydrogen) atoms. The van der Waals surface area contributed by atoms with E-state index in [0.29, 0.717) is 12.4 Å². The molecule has 3 rings (SSSR count). The highest BCUT2D eigenvalue weighted by atomic mass is 32.2. The van der Waals surface area contributed by atoms with Crippen LogP contribution in [0.3, 0.4) is 0 Å². The summed E-state index contributed by atoms with van der Waals surface area (Å²) < 4.78 is 52.1. The van der Waals surface area contributed by atoms with Crippen LogP contribution in [0.25, 0.3) is 0 Å². The molecule has 1 heterocycles. The molecule has 1 amide bonds. The second-order valence-electron chi connectivity index (χ2n) is 5.93. The van der Waals surface area contributed by atoms with Crippen LogP contribution in [-0.2, 0) is 16.6 Å². The first-order chi connectivity index (χ1) is 13.9. The van der Waals surface area contributed by atoms with Crippen molar-refractivity contribution >= 4 is 21.6 Å². The lowest BCUT2D eigenvalue weighted by Gasteiger charge is -2.14. The average molecular weight is 418 g/mol. The number of sulfonamides is 1. The number of rotatable bonds is 8. The predicted molar refractivity (Wildman–Crippen MR) is 105 cm³/mol. The van der Waals surface area contributed by atoms with E-state index < -0.39 is 21.7 Å². The summed E-state index contributed by atoms with van der Waals surface area (Å²) in [5, 5.41) is 2.52. The first-order valence-corrected chi connectivity index (χ1v) is 10.2. The topological polar surface area (TPSA) is 97.6 Å². The Balaban J connectivity index is 1.87. The number of hydrogen-bond donors (Lipinski definition) is 2. The maximum absolute atomic E-state index is 13.9. The van der Waals surface area contributed by atoms with Crippen LogP contribution in [0.15, 0.2) is 70.2 Å².